The number of rotatable bonds is 2. The van der Waals surface area contributed by atoms with E-state index in [9.17, 15) is 9.90 Å². The van der Waals surface area contributed by atoms with Crippen LogP contribution < -0.4 is 4.74 Å². The Kier molecular flexibility index (Phi) is 2.87. The van der Waals surface area contributed by atoms with Crippen molar-refractivity contribution in [2.75, 3.05) is 7.11 Å². The van der Waals surface area contributed by atoms with Crippen molar-refractivity contribution >= 4 is 5.78 Å². The van der Waals surface area contributed by atoms with Gasteiger partial charge in [-0.2, -0.15) is 0 Å². The van der Waals surface area contributed by atoms with E-state index < -0.39 is 11.9 Å². The second-order valence-electron chi connectivity index (χ2n) is 5.07. The fourth-order valence-corrected chi connectivity index (χ4v) is 2.38. The third-order valence-electron chi connectivity index (χ3n) is 3.41. The van der Waals surface area contributed by atoms with E-state index in [1.807, 2.05) is 13.8 Å². The van der Waals surface area contributed by atoms with Gasteiger partial charge in [-0.15, -0.1) is 0 Å². The molecule has 0 radical (unpaired) electrons. The van der Waals surface area contributed by atoms with Crippen LogP contribution in [0.25, 0.3) is 11.3 Å². The molecule has 0 aliphatic heterocycles. The van der Waals surface area contributed by atoms with Gasteiger partial charge in [0.1, 0.15) is 11.4 Å². The Morgan fingerprint density at radius 1 is 1.40 bits per heavy atom. The number of fused-ring (bicyclic) bond motifs is 3. The smallest absolute Gasteiger partial charge is 0.202 e. The van der Waals surface area contributed by atoms with E-state index in [-0.39, 0.29) is 5.92 Å². The highest BCUT2D eigenvalue weighted by molar-refractivity contribution is 6.10. The molecular weight excluding hydrogens is 258 g/mol. The Balaban J connectivity index is 2.29. The van der Waals surface area contributed by atoms with Gasteiger partial charge in [0, 0.05) is 11.5 Å². The van der Waals surface area contributed by atoms with Gasteiger partial charge in [-0.1, -0.05) is 26.0 Å². The molecule has 1 aliphatic carbocycles. The van der Waals surface area contributed by atoms with Crippen molar-refractivity contribution in [1.29, 1.82) is 0 Å². The predicted octanol–water partition coefficient (Wildman–Crippen LogP) is 2.70. The molecule has 1 aromatic carbocycles. The molecule has 0 saturated carbocycles. The summed E-state index contributed by atoms with van der Waals surface area (Å²) in [6.45, 7) is 3.88. The van der Waals surface area contributed by atoms with Gasteiger partial charge >= 0.3 is 0 Å². The van der Waals surface area contributed by atoms with Crippen LogP contribution in [0.3, 0.4) is 0 Å². The number of nitrogens with zero attached hydrogens (tertiary/aromatic N) is 1. The van der Waals surface area contributed by atoms with Gasteiger partial charge in [-0.3, -0.25) is 4.79 Å². The number of hydrogen-bond acceptors (Lipinski definition) is 5. The lowest BCUT2D eigenvalue weighted by Crippen LogP contribution is -2.19. The molecule has 5 nitrogen and oxygen atoms in total. The van der Waals surface area contributed by atoms with Crippen LogP contribution in [0.15, 0.2) is 22.6 Å². The van der Waals surface area contributed by atoms with Gasteiger partial charge in [0.15, 0.2) is 17.8 Å². The van der Waals surface area contributed by atoms with Crippen molar-refractivity contribution in [2.45, 2.75) is 25.9 Å². The first-order chi connectivity index (χ1) is 9.54. The zero-order valence-electron chi connectivity index (χ0n) is 11.5. The molecular formula is C15H15NO4. The van der Waals surface area contributed by atoms with Gasteiger partial charge in [0.05, 0.1) is 12.7 Å². The Morgan fingerprint density at radius 2 is 2.15 bits per heavy atom. The minimum atomic E-state index is -1.30. The highest BCUT2D eigenvalue weighted by atomic mass is 16.5. The fraction of sp³-hybridized carbons (Fsp3) is 0.333. The summed E-state index contributed by atoms with van der Waals surface area (Å²) in [7, 11) is 1.49. The number of aliphatic hydroxyl groups is 1. The Morgan fingerprint density at radius 3 is 2.80 bits per heavy atom. The van der Waals surface area contributed by atoms with Crippen molar-refractivity contribution in [1.82, 2.24) is 4.98 Å². The highest BCUT2D eigenvalue weighted by Gasteiger charge is 2.37. The number of methoxy groups -OCH3 is 1. The summed E-state index contributed by atoms with van der Waals surface area (Å²) in [6.07, 6.45) is -1.30. The third kappa shape index (κ3) is 1.67. The molecule has 0 saturated heterocycles. The SMILES string of the molecule is COc1cccc2c1C(=O)C(O)c1nc(C(C)C)oc1-2. The van der Waals surface area contributed by atoms with Gasteiger partial charge in [-0.05, 0) is 6.07 Å². The predicted molar refractivity (Wildman–Crippen MR) is 71.9 cm³/mol. The maximum absolute atomic E-state index is 12.3. The monoisotopic (exact) mass is 273 g/mol. The molecule has 0 spiro atoms. The van der Waals surface area contributed by atoms with Gasteiger partial charge in [0.2, 0.25) is 5.78 Å². The van der Waals surface area contributed by atoms with Crippen LogP contribution in [0.2, 0.25) is 0 Å². The van der Waals surface area contributed by atoms with E-state index in [1.54, 1.807) is 18.2 Å². The molecule has 1 aromatic heterocycles. The average molecular weight is 273 g/mol. The second-order valence-corrected chi connectivity index (χ2v) is 5.07. The molecule has 1 N–H and O–H groups in total. The Hall–Kier alpha value is -2.14. The summed E-state index contributed by atoms with van der Waals surface area (Å²) in [6, 6.07) is 5.24. The van der Waals surface area contributed by atoms with Crippen LogP contribution in [-0.4, -0.2) is 23.0 Å². The molecule has 1 aliphatic rings. The topological polar surface area (TPSA) is 72.6 Å². The van der Waals surface area contributed by atoms with Crippen molar-refractivity contribution in [3.8, 4) is 17.1 Å². The lowest BCUT2D eigenvalue weighted by molar-refractivity contribution is 0.0732. The van der Waals surface area contributed by atoms with Gasteiger partial charge in [0.25, 0.3) is 0 Å². The summed E-state index contributed by atoms with van der Waals surface area (Å²) >= 11 is 0. The van der Waals surface area contributed by atoms with Gasteiger partial charge < -0.3 is 14.3 Å². The first kappa shape index (κ1) is 12.9. The van der Waals surface area contributed by atoms with Crippen LogP contribution in [-0.2, 0) is 0 Å². The number of ketones is 1. The standard InChI is InChI=1S/C15H15NO4/c1-7(2)15-16-11-13(18)12(17)10-8(14(11)20-15)5-4-6-9(10)19-3/h4-7,13,18H,1-3H3. The number of aromatic nitrogens is 1. The molecule has 104 valence electrons. The molecule has 2 aromatic rings. The van der Waals surface area contributed by atoms with Crippen molar-refractivity contribution < 1.29 is 19.1 Å². The van der Waals surface area contributed by atoms with Crippen LogP contribution >= 0.6 is 0 Å². The minimum Gasteiger partial charge on any atom is -0.496 e. The summed E-state index contributed by atoms with van der Waals surface area (Å²) in [4.78, 5) is 16.6. The summed E-state index contributed by atoms with van der Waals surface area (Å²) in [5.41, 5.74) is 1.26. The van der Waals surface area contributed by atoms with E-state index in [1.165, 1.54) is 7.11 Å². The number of oxazole rings is 1. The molecule has 3 rings (SSSR count). The molecule has 1 heterocycles. The molecule has 5 heteroatoms. The first-order valence-corrected chi connectivity index (χ1v) is 6.44. The number of carbonyl (C=O) groups is 1. The maximum Gasteiger partial charge on any atom is 0.202 e. The highest BCUT2D eigenvalue weighted by Crippen LogP contribution is 2.43. The first-order valence-electron chi connectivity index (χ1n) is 6.44. The average Bonchev–Trinajstić information content (AvgIpc) is 2.89. The van der Waals surface area contributed by atoms with E-state index in [2.05, 4.69) is 4.98 Å². The summed E-state index contributed by atoms with van der Waals surface area (Å²) in [5.74, 6) is 1.07. The second kappa shape index (κ2) is 4.45. The Bertz CT molecular complexity index is 687. The fourth-order valence-electron chi connectivity index (χ4n) is 2.38. The number of Topliss-reactive ketones (excluding diaryl/α,β-unsaturated/α-hetero) is 1. The number of benzene rings is 1. The Labute approximate surface area is 116 Å². The van der Waals surface area contributed by atoms with Crippen LogP contribution in [0, 0.1) is 0 Å². The van der Waals surface area contributed by atoms with Crippen LogP contribution in [0.1, 0.15) is 47.8 Å². The lowest BCUT2D eigenvalue weighted by Gasteiger charge is -2.19. The summed E-state index contributed by atoms with van der Waals surface area (Å²) in [5, 5.41) is 10.2. The number of hydrogen-bond donors (Lipinski definition) is 1. The van der Waals surface area contributed by atoms with Gasteiger partial charge in [-0.25, -0.2) is 4.98 Å². The van der Waals surface area contributed by atoms with Crippen molar-refractivity contribution in [3.05, 3.63) is 35.3 Å². The van der Waals surface area contributed by atoms with Crippen molar-refractivity contribution in [3.63, 3.8) is 0 Å². The number of carbonyl (C=O) groups excluding carboxylic acids is 1. The quantitative estimate of drug-likeness (QED) is 0.910. The van der Waals surface area contributed by atoms with E-state index in [4.69, 9.17) is 9.15 Å². The molecule has 1 unspecified atom stereocenters. The van der Waals surface area contributed by atoms with Crippen LogP contribution in [0.5, 0.6) is 5.75 Å². The van der Waals surface area contributed by atoms with E-state index in [0.717, 1.165) is 0 Å². The molecule has 1 atom stereocenters. The molecule has 0 amide bonds. The maximum atomic E-state index is 12.3. The third-order valence-corrected chi connectivity index (χ3v) is 3.41. The summed E-state index contributed by atoms with van der Waals surface area (Å²) < 4.78 is 10.9. The number of ether oxygens (including phenoxy) is 1. The van der Waals surface area contributed by atoms with E-state index >= 15 is 0 Å². The zero-order valence-corrected chi connectivity index (χ0v) is 11.5. The normalized spacial score (nSPS) is 17.1. The van der Waals surface area contributed by atoms with Crippen molar-refractivity contribution in [2.24, 2.45) is 0 Å². The molecule has 20 heavy (non-hydrogen) atoms. The zero-order chi connectivity index (χ0) is 14.4. The minimum absolute atomic E-state index is 0.0805. The van der Waals surface area contributed by atoms with Crippen LogP contribution in [0.4, 0.5) is 0 Å². The number of aliphatic hydroxyl groups excluding tert-OH is 1. The lowest BCUT2D eigenvalue weighted by atomic mass is 9.89. The largest absolute Gasteiger partial charge is 0.496 e. The van der Waals surface area contributed by atoms with E-state index in [0.29, 0.717) is 34.2 Å². The molecule has 0 bridgehead atoms. The molecule has 0 fully saturated rings.